The van der Waals surface area contributed by atoms with E-state index in [2.05, 4.69) is 21.6 Å². The smallest absolute Gasteiger partial charge is 0.162 e. The van der Waals surface area contributed by atoms with Crippen molar-refractivity contribution < 1.29 is 9.47 Å². The number of piperazine rings is 1. The van der Waals surface area contributed by atoms with Gasteiger partial charge in [0.25, 0.3) is 0 Å². The summed E-state index contributed by atoms with van der Waals surface area (Å²) < 4.78 is 10.7. The molecular weight excluding hydrogens is 230 g/mol. The first-order valence-corrected chi connectivity index (χ1v) is 6.30. The average Bonchev–Trinajstić information content (AvgIpc) is 2.45. The Bertz CT molecular complexity index is 450. The van der Waals surface area contributed by atoms with E-state index in [1.807, 2.05) is 6.07 Å². The molecule has 2 aliphatic heterocycles. The molecule has 18 heavy (non-hydrogen) atoms. The molecule has 0 aromatic heterocycles. The van der Waals surface area contributed by atoms with E-state index >= 15 is 0 Å². The Balaban J connectivity index is 2.02. The predicted octanol–water partition coefficient (Wildman–Crippen LogP) is 0.907. The second kappa shape index (κ2) is 4.57. The fourth-order valence-electron chi connectivity index (χ4n) is 2.74. The first kappa shape index (κ1) is 11.5. The molecule has 1 aromatic carbocycles. The second-order valence-corrected chi connectivity index (χ2v) is 4.66. The summed E-state index contributed by atoms with van der Waals surface area (Å²) in [6, 6.07) is 4.61. The van der Waals surface area contributed by atoms with Gasteiger partial charge in [0, 0.05) is 38.3 Å². The van der Waals surface area contributed by atoms with Crippen LogP contribution < -0.4 is 25.0 Å². The molecule has 0 aliphatic carbocycles. The summed E-state index contributed by atoms with van der Waals surface area (Å²) in [6.07, 6.45) is 0. The highest BCUT2D eigenvalue weighted by Gasteiger charge is 2.29. The fraction of sp³-hybridized carbons (Fsp3) is 0.538. The topological polar surface area (TPSA) is 45.8 Å². The lowest BCUT2D eigenvalue weighted by Crippen LogP contribution is -2.56. The molecule has 1 fully saturated rings. The van der Waals surface area contributed by atoms with Gasteiger partial charge in [0.05, 0.1) is 31.6 Å². The third kappa shape index (κ3) is 1.75. The Labute approximate surface area is 107 Å². The van der Waals surface area contributed by atoms with Gasteiger partial charge >= 0.3 is 0 Å². The number of nitrogens with zero attached hydrogens (tertiary/aromatic N) is 1. The van der Waals surface area contributed by atoms with Crippen LogP contribution in [0.5, 0.6) is 11.5 Å². The lowest BCUT2D eigenvalue weighted by Gasteiger charge is -2.43. The van der Waals surface area contributed by atoms with Crippen LogP contribution in [0.25, 0.3) is 0 Å². The zero-order chi connectivity index (χ0) is 12.5. The van der Waals surface area contributed by atoms with Gasteiger partial charge in [-0.25, -0.2) is 0 Å². The Morgan fingerprint density at radius 1 is 1.17 bits per heavy atom. The van der Waals surface area contributed by atoms with Crippen molar-refractivity contribution in [3.8, 4) is 11.5 Å². The number of nitrogens with one attached hydrogen (secondary N) is 2. The van der Waals surface area contributed by atoms with Crippen LogP contribution in [0.3, 0.4) is 0 Å². The first-order valence-electron chi connectivity index (χ1n) is 6.30. The summed E-state index contributed by atoms with van der Waals surface area (Å²) in [4.78, 5) is 2.45. The molecule has 0 radical (unpaired) electrons. The minimum absolute atomic E-state index is 0.518. The number of hydrogen-bond acceptors (Lipinski definition) is 5. The minimum atomic E-state index is 0.518. The van der Waals surface area contributed by atoms with E-state index in [9.17, 15) is 0 Å². The SMILES string of the molecule is COc1cc2c(cc1OC)N1CCNCC1CN2. The lowest BCUT2D eigenvalue weighted by molar-refractivity contribution is 0.354. The molecule has 98 valence electrons. The van der Waals surface area contributed by atoms with Crippen LogP contribution >= 0.6 is 0 Å². The first-order chi connectivity index (χ1) is 8.83. The van der Waals surface area contributed by atoms with Gasteiger partial charge in [0.1, 0.15) is 0 Å². The molecule has 3 rings (SSSR count). The summed E-state index contributed by atoms with van der Waals surface area (Å²) in [5.74, 6) is 1.56. The van der Waals surface area contributed by atoms with E-state index in [0.717, 1.165) is 43.4 Å². The summed E-state index contributed by atoms with van der Waals surface area (Å²) in [5, 5.41) is 6.90. The van der Waals surface area contributed by atoms with Crippen LogP contribution in [0, 0.1) is 0 Å². The van der Waals surface area contributed by atoms with Gasteiger partial charge in [-0.2, -0.15) is 0 Å². The number of methoxy groups -OCH3 is 2. The average molecular weight is 249 g/mol. The van der Waals surface area contributed by atoms with Crippen molar-refractivity contribution in [2.24, 2.45) is 0 Å². The van der Waals surface area contributed by atoms with E-state index in [-0.39, 0.29) is 0 Å². The molecule has 0 amide bonds. The molecule has 1 saturated heterocycles. The van der Waals surface area contributed by atoms with Crippen molar-refractivity contribution in [3.63, 3.8) is 0 Å². The third-order valence-electron chi connectivity index (χ3n) is 3.69. The summed E-state index contributed by atoms with van der Waals surface area (Å²) in [7, 11) is 3.34. The monoisotopic (exact) mass is 249 g/mol. The Hall–Kier alpha value is -1.62. The number of hydrogen-bond donors (Lipinski definition) is 2. The van der Waals surface area contributed by atoms with Crippen LogP contribution in [0.4, 0.5) is 11.4 Å². The molecule has 0 spiro atoms. The van der Waals surface area contributed by atoms with E-state index in [1.165, 1.54) is 5.69 Å². The van der Waals surface area contributed by atoms with Crippen LogP contribution in [-0.2, 0) is 0 Å². The molecular formula is C13H19N3O2. The van der Waals surface area contributed by atoms with Crippen LogP contribution in [0.15, 0.2) is 12.1 Å². The van der Waals surface area contributed by atoms with E-state index in [4.69, 9.17) is 9.47 Å². The van der Waals surface area contributed by atoms with E-state index in [1.54, 1.807) is 14.2 Å². The highest BCUT2D eigenvalue weighted by Crippen LogP contribution is 2.41. The number of ether oxygens (including phenoxy) is 2. The molecule has 1 unspecified atom stereocenters. The van der Waals surface area contributed by atoms with Crippen molar-refractivity contribution in [2.75, 3.05) is 50.6 Å². The van der Waals surface area contributed by atoms with Crippen molar-refractivity contribution in [1.29, 1.82) is 0 Å². The minimum Gasteiger partial charge on any atom is -0.493 e. The Kier molecular flexibility index (Phi) is 2.91. The summed E-state index contributed by atoms with van der Waals surface area (Å²) in [5.41, 5.74) is 2.34. The Morgan fingerprint density at radius 2 is 1.94 bits per heavy atom. The van der Waals surface area contributed by atoms with Gasteiger partial charge in [-0.1, -0.05) is 0 Å². The van der Waals surface area contributed by atoms with Gasteiger partial charge in [-0.05, 0) is 0 Å². The standard InChI is InChI=1S/C13H19N3O2/c1-17-12-5-10-11(6-13(12)18-2)16-4-3-14-7-9(16)8-15-10/h5-6,9,14-15H,3-4,7-8H2,1-2H3. The molecule has 2 heterocycles. The third-order valence-corrected chi connectivity index (χ3v) is 3.69. The van der Waals surface area contributed by atoms with Gasteiger partial charge < -0.3 is 25.0 Å². The van der Waals surface area contributed by atoms with Crippen molar-refractivity contribution in [1.82, 2.24) is 5.32 Å². The van der Waals surface area contributed by atoms with Crippen LogP contribution in [0.1, 0.15) is 0 Å². The fourth-order valence-corrected chi connectivity index (χ4v) is 2.74. The highest BCUT2D eigenvalue weighted by molar-refractivity contribution is 5.77. The molecule has 2 N–H and O–H groups in total. The van der Waals surface area contributed by atoms with Gasteiger partial charge in [-0.15, -0.1) is 0 Å². The van der Waals surface area contributed by atoms with Gasteiger partial charge in [0.2, 0.25) is 0 Å². The van der Waals surface area contributed by atoms with Crippen molar-refractivity contribution in [2.45, 2.75) is 6.04 Å². The highest BCUT2D eigenvalue weighted by atomic mass is 16.5. The van der Waals surface area contributed by atoms with Gasteiger partial charge in [0.15, 0.2) is 11.5 Å². The lowest BCUT2D eigenvalue weighted by atomic mass is 10.1. The van der Waals surface area contributed by atoms with Crippen molar-refractivity contribution in [3.05, 3.63) is 12.1 Å². The van der Waals surface area contributed by atoms with Gasteiger partial charge in [-0.3, -0.25) is 0 Å². The number of benzene rings is 1. The molecule has 0 bridgehead atoms. The number of rotatable bonds is 2. The largest absolute Gasteiger partial charge is 0.493 e. The molecule has 5 heteroatoms. The number of anilines is 2. The summed E-state index contributed by atoms with van der Waals surface area (Å²) >= 11 is 0. The zero-order valence-corrected chi connectivity index (χ0v) is 10.8. The van der Waals surface area contributed by atoms with E-state index in [0.29, 0.717) is 6.04 Å². The normalized spacial score (nSPS) is 21.7. The second-order valence-electron chi connectivity index (χ2n) is 4.66. The molecule has 1 aromatic rings. The van der Waals surface area contributed by atoms with Crippen LogP contribution in [0.2, 0.25) is 0 Å². The Morgan fingerprint density at radius 3 is 2.72 bits per heavy atom. The zero-order valence-electron chi connectivity index (χ0n) is 10.8. The van der Waals surface area contributed by atoms with Crippen LogP contribution in [-0.4, -0.2) is 46.4 Å². The maximum atomic E-state index is 5.39. The maximum Gasteiger partial charge on any atom is 0.162 e. The molecule has 5 nitrogen and oxygen atoms in total. The quantitative estimate of drug-likeness (QED) is 0.815. The number of fused-ring (bicyclic) bond motifs is 3. The predicted molar refractivity (Wildman–Crippen MR) is 72.0 cm³/mol. The molecule has 0 saturated carbocycles. The van der Waals surface area contributed by atoms with Crippen molar-refractivity contribution >= 4 is 11.4 Å². The molecule has 2 aliphatic rings. The summed E-state index contributed by atoms with van der Waals surface area (Å²) in [6.45, 7) is 4.06. The van der Waals surface area contributed by atoms with E-state index < -0.39 is 0 Å². The maximum absolute atomic E-state index is 5.39. The molecule has 1 atom stereocenters.